The van der Waals surface area contributed by atoms with Crippen LogP contribution in [0.5, 0.6) is 0 Å². The van der Waals surface area contributed by atoms with E-state index in [0.717, 1.165) is 27.1 Å². The van der Waals surface area contributed by atoms with E-state index in [1.165, 1.54) is 0 Å². The van der Waals surface area contributed by atoms with E-state index >= 15 is 0 Å². The van der Waals surface area contributed by atoms with E-state index in [1.54, 1.807) is 4.68 Å². The average Bonchev–Trinajstić information content (AvgIpc) is 2.61. The Kier molecular flexibility index (Phi) is 4.13. The summed E-state index contributed by atoms with van der Waals surface area (Å²) in [6.45, 7) is 5.82. The number of nitrogens with two attached hydrogens (primary N) is 1. The molecule has 1 aromatic carbocycles. The number of carbonyl (C=O) groups excluding carboxylic acids is 1. The van der Waals surface area contributed by atoms with Crippen molar-refractivity contribution in [1.29, 1.82) is 0 Å². The van der Waals surface area contributed by atoms with Crippen molar-refractivity contribution in [1.82, 2.24) is 9.78 Å². The van der Waals surface area contributed by atoms with Gasteiger partial charge in [0.1, 0.15) is 6.54 Å². The standard InChI is InChI=1S/C14H17BrN4O/c1-8-4-5-11(6-12(8)15)17-13(20)7-19-10(3)14(16)9(2)18-19/h4-6H,7,16H2,1-3H3,(H,17,20). The third-order valence-electron chi connectivity index (χ3n) is 3.19. The number of nitrogens with one attached hydrogen (secondary N) is 1. The van der Waals surface area contributed by atoms with Gasteiger partial charge in [0.15, 0.2) is 0 Å². The number of carbonyl (C=O) groups is 1. The Balaban J connectivity index is 2.09. The van der Waals surface area contributed by atoms with E-state index in [0.29, 0.717) is 5.69 Å². The minimum Gasteiger partial charge on any atom is -0.396 e. The lowest BCUT2D eigenvalue weighted by Gasteiger charge is -2.08. The Bertz CT molecular complexity index is 663. The van der Waals surface area contributed by atoms with E-state index in [4.69, 9.17) is 5.73 Å². The van der Waals surface area contributed by atoms with Crippen LogP contribution in [0.15, 0.2) is 22.7 Å². The van der Waals surface area contributed by atoms with Gasteiger partial charge in [-0.15, -0.1) is 0 Å². The van der Waals surface area contributed by atoms with Crippen LogP contribution < -0.4 is 11.1 Å². The zero-order valence-corrected chi connectivity index (χ0v) is 13.3. The fourth-order valence-electron chi connectivity index (χ4n) is 1.87. The molecule has 1 aromatic heterocycles. The van der Waals surface area contributed by atoms with Gasteiger partial charge in [-0.2, -0.15) is 5.10 Å². The Hall–Kier alpha value is -1.82. The molecular formula is C14H17BrN4O. The molecule has 2 aromatic rings. The van der Waals surface area contributed by atoms with Gasteiger partial charge in [0.05, 0.1) is 17.1 Å². The Labute approximate surface area is 126 Å². The maximum atomic E-state index is 12.0. The van der Waals surface area contributed by atoms with Gasteiger partial charge in [0, 0.05) is 10.2 Å². The van der Waals surface area contributed by atoms with Crippen LogP contribution in [0.1, 0.15) is 17.0 Å². The molecule has 20 heavy (non-hydrogen) atoms. The summed E-state index contributed by atoms with van der Waals surface area (Å²) >= 11 is 3.44. The molecule has 0 fully saturated rings. The second kappa shape index (κ2) is 5.66. The maximum absolute atomic E-state index is 12.0. The molecular weight excluding hydrogens is 320 g/mol. The minimum atomic E-state index is -0.133. The first-order chi connectivity index (χ1) is 9.38. The predicted molar refractivity (Wildman–Crippen MR) is 83.6 cm³/mol. The third-order valence-corrected chi connectivity index (χ3v) is 4.04. The predicted octanol–water partition coefficient (Wildman–Crippen LogP) is 2.79. The van der Waals surface area contributed by atoms with Crippen LogP contribution in [0, 0.1) is 20.8 Å². The number of halogens is 1. The van der Waals surface area contributed by atoms with Crippen molar-refractivity contribution in [3.63, 3.8) is 0 Å². The molecule has 0 atom stereocenters. The first-order valence-electron chi connectivity index (χ1n) is 6.24. The second-order valence-corrected chi connectivity index (χ2v) is 5.61. The zero-order chi connectivity index (χ0) is 14.9. The molecule has 1 amide bonds. The number of anilines is 2. The SMILES string of the molecule is Cc1ccc(NC(=O)Cn2nc(C)c(N)c2C)cc1Br. The van der Waals surface area contributed by atoms with Gasteiger partial charge in [-0.05, 0) is 38.5 Å². The van der Waals surface area contributed by atoms with Gasteiger partial charge < -0.3 is 11.1 Å². The summed E-state index contributed by atoms with van der Waals surface area (Å²) in [6.07, 6.45) is 0. The number of benzene rings is 1. The zero-order valence-electron chi connectivity index (χ0n) is 11.7. The summed E-state index contributed by atoms with van der Waals surface area (Å²) < 4.78 is 2.58. The molecule has 1 heterocycles. The van der Waals surface area contributed by atoms with Crippen molar-refractivity contribution in [3.8, 4) is 0 Å². The van der Waals surface area contributed by atoms with Crippen LogP contribution in [-0.2, 0) is 11.3 Å². The molecule has 0 aliphatic carbocycles. The van der Waals surface area contributed by atoms with E-state index < -0.39 is 0 Å². The van der Waals surface area contributed by atoms with Crippen molar-refractivity contribution in [3.05, 3.63) is 39.6 Å². The third kappa shape index (κ3) is 3.01. The van der Waals surface area contributed by atoms with Crippen LogP contribution in [-0.4, -0.2) is 15.7 Å². The second-order valence-electron chi connectivity index (χ2n) is 4.75. The van der Waals surface area contributed by atoms with E-state index in [9.17, 15) is 4.79 Å². The number of amides is 1. The molecule has 2 rings (SSSR count). The molecule has 0 aliphatic heterocycles. The summed E-state index contributed by atoms with van der Waals surface area (Å²) in [4.78, 5) is 12.0. The normalized spacial score (nSPS) is 10.6. The number of aryl methyl sites for hydroxylation is 2. The fraction of sp³-hybridized carbons (Fsp3) is 0.286. The minimum absolute atomic E-state index is 0.133. The smallest absolute Gasteiger partial charge is 0.246 e. The fourth-order valence-corrected chi connectivity index (χ4v) is 2.25. The van der Waals surface area contributed by atoms with Crippen molar-refractivity contribution in [2.75, 3.05) is 11.1 Å². The highest BCUT2D eigenvalue weighted by atomic mass is 79.9. The Morgan fingerprint density at radius 1 is 1.40 bits per heavy atom. The molecule has 0 radical (unpaired) electrons. The lowest BCUT2D eigenvalue weighted by molar-refractivity contribution is -0.116. The summed E-state index contributed by atoms with van der Waals surface area (Å²) in [5, 5.41) is 7.09. The summed E-state index contributed by atoms with van der Waals surface area (Å²) in [5.74, 6) is -0.133. The van der Waals surface area contributed by atoms with Gasteiger partial charge >= 0.3 is 0 Å². The van der Waals surface area contributed by atoms with Gasteiger partial charge in [-0.1, -0.05) is 22.0 Å². The van der Waals surface area contributed by atoms with Gasteiger partial charge in [0.2, 0.25) is 5.91 Å². The molecule has 106 valence electrons. The largest absolute Gasteiger partial charge is 0.396 e. The Morgan fingerprint density at radius 3 is 2.65 bits per heavy atom. The quantitative estimate of drug-likeness (QED) is 0.905. The lowest BCUT2D eigenvalue weighted by atomic mass is 10.2. The number of nitrogen functional groups attached to an aromatic ring is 1. The van der Waals surface area contributed by atoms with Crippen molar-refractivity contribution >= 4 is 33.2 Å². The highest BCUT2D eigenvalue weighted by molar-refractivity contribution is 9.10. The van der Waals surface area contributed by atoms with Crippen LogP contribution in [0.4, 0.5) is 11.4 Å². The summed E-state index contributed by atoms with van der Waals surface area (Å²) in [6, 6.07) is 5.69. The molecule has 0 spiro atoms. The van der Waals surface area contributed by atoms with Crippen LogP contribution in [0.2, 0.25) is 0 Å². The molecule has 0 saturated carbocycles. The van der Waals surface area contributed by atoms with E-state index in [-0.39, 0.29) is 12.5 Å². The lowest BCUT2D eigenvalue weighted by Crippen LogP contribution is -2.20. The number of aromatic nitrogens is 2. The monoisotopic (exact) mass is 336 g/mol. The average molecular weight is 337 g/mol. The first kappa shape index (κ1) is 14.6. The van der Waals surface area contributed by atoms with Gasteiger partial charge in [0.25, 0.3) is 0 Å². The Morgan fingerprint density at radius 2 is 2.10 bits per heavy atom. The number of hydrogen-bond acceptors (Lipinski definition) is 3. The number of nitrogens with zero attached hydrogens (tertiary/aromatic N) is 2. The van der Waals surface area contributed by atoms with Crippen molar-refractivity contribution in [2.24, 2.45) is 0 Å². The molecule has 3 N–H and O–H groups in total. The highest BCUT2D eigenvalue weighted by Crippen LogP contribution is 2.21. The van der Waals surface area contributed by atoms with Gasteiger partial charge in [-0.25, -0.2) is 0 Å². The molecule has 0 unspecified atom stereocenters. The van der Waals surface area contributed by atoms with Crippen LogP contribution in [0.25, 0.3) is 0 Å². The molecule has 5 nitrogen and oxygen atoms in total. The molecule has 0 saturated heterocycles. The summed E-state index contributed by atoms with van der Waals surface area (Å²) in [7, 11) is 0. The van der Waals surface area contributed by atoms with E-state index in [2.05, 4.69) is 26.3 Å². The number of hydrogen-bond donors (Lipinski definition) is 2. The first-order valence-corrected chi connectivity index (χ1v) is 7.03. The number of rotatable bonds is 3. The van der Waals surface area contributed by atoms with Crippen molar-refractivity contribution < 1.29 is 4.79 Å². The van der Waals surface area contributed by atoms with Crippen molar-refractivity contribution in [2.45, 2.75) is 27.3 Å². The maximum Gasteiger partial charge on any atom is 0.246 e. The van der Waals surface area contributed by atoms with E-state index in [1.807, 2.05) is 39.0 Å². The topological polar surface area (TPSA) is 72.9 Å². The van der Waals surface area contributed by atoms with Gasteiger partial charge in [-0.3, -0.25) is 9.48 Å². The molecule has 6 heteroatoms. The van der Waals surface area contributed by atoms with Crippen LogP contribution >= 0.6 is 15.9 Å². The molecule has 0 aliphatic rings. The molecule has 0 bridgehead atoms. The van der Waals surface area contributed by atoms with Crippen LogP contribution in [0.3, 0.4) is 0 Å². The summed E-state index contributed by atoms with van der Waals surface area (Å²) in [5.41, 5.74) is 9.90. The highest BCUT2D eigenvalue weighted by Gasteiger charge is 2.11.